The van der Waals surface area contributed by atoms with Crippen molar-refractivity contribution in [3.8, 4) is 17.2 Å². The zero-order chi connectivity index (χ0) is 21.2. The van der Waals surface area contributed by atoms with Gasteiger partial charge in [0.2, 0.25) is 5.91 Å². The third kappa shape index (κ3) is 6.67. The molecule has 29 heavy (non-hydrogen) atoms. The van der Waals surface area contributed by atoms with Gasteiger partial charge in [-0.25, -0.2) is 0 Å². The average molecular weight is 465 g/mol. The summed E-state index contributed by atoms with van der Waals surface area (Å²) in [6.45, 7) is 4.84. The van der Waals surface area contributed by atoms with Crippen LogP contribution in [0.4, 0.5) is 5.69 Å². The molecular formula is C21H25BrN2O5. The molecule has 156 valence electrons. The number of nitrogens with one attached hydrogen (secondary N) is 2. The van der Waals surface area contributed by atoms with Crippen molar-refractivity contribution in [1.29, 1.82) is 0 Å². The summed E-state index contributed by atoms with van der Waals surface area (Å²) in [5.74, 6) is 0.977. The lowest BCUT2D eigenvalue weighted by Gasteiger charge is -2.14. The van der Waals surface area contributed by atoms with Crippen LogP contribution in [0.1, 0.15) is 30.6 Å². The first-order valence-electron chi connectivity index (χ1n) is 9.29. The first-order chi connectivity index (χ1) is 14.0. The topological polar surface area (TPSA) is 85.9 Å². The first-order valence-corrected chi connectivity index (χ1v) is 10.1. The van der Waals surface area contributed by atoms with E-state index in [9.17, 15) is 9.59 Å². The standard InChI is InChI=1S/C21H25BrN2O5/c1-4-10-29-20-17(22)11-14(12-18(20)27-3)21(26)23-13-19(25)24-15-6-8-16(9-7-15)28-5-2/h6-9,11-12H,4-5,10,13H2,1-3H3,(H,23,26)(H,24,25). The van der Waals surface area contributed by atoms with Crippen LogP contribution in [0.5, 0.6) is 17.2 Å². The van der Waals surface area contributed by atoms with Gasteiger partial charge in [-0.05, 0) is 65.7 Å². The van der Waals surface area contributed by atoms with Crippen LogP contribution in [0, 0.1) is 0 Å². The number of hydrogen-bond donors (Lipinski definition) is 2. The van der Waals surface area contributed by atoms with Crippen LogP contribution in [0.15, 0.2) is 40.9 Å². The highest BCUT2D eigenvalue weighted by Gasteiger charge is 2.16. The minimum Gasteiger partial charge on any atom is -0.494 e. The number of benzene rings is 2. The molecule has 0 atom stereocenters. The quantitative estimate of drug-likeness (QED) is 0.554. The molecule has 0 saturated heterocycles. The fourth-order valence-corrected chi connectivity index (χ4v) is 3.02. The normalized spacial score (nSPS) is 10.2. The Morgan fingerprint density at radius 1 is 1.07 bits per heavy atom. The average Bonchev–Trinajstić information content (AvgIpc) is 2.72. The van der Waals surface area contributed by atoms with Crippen molar-refractivity contribution in [2.24, 2.45) is 0 Å². The van der Waals surface area contributed by atoms with Crippen LogP contribution < -0.4 is 24.8 Å². The summed E-state index contributed by atoms with van der Waals surface area (Å²) in [7, 11) is 1.51. The maximum atomic E-state index is 12.4. The molecule has 0 radical (unpaired) electrons. The number of anilines is 1. The fraction of sp³-hybridized carbons (Fsp3) is 0.333. The van der Waals surface area contributed by atoms with E-state index in [-0.39, 0.29) is 12.5 Å². The van der Waals surface area contributed by atoms with Crippen molar-refractivity contribution in [1.82, 2.24) is 5.32 Å². The Morgan fingerprint density at radius 2 is 1.79 bits per heavy atom. The molecular weight excluding hydrogens is 440 g/mol. The number of methoxy groups -OCH3 is 1. The highest BCUT2D eigenvalue weighted by molar-refractivity contribution is 9.10. The summed E-state index contributed by atoms with van der Waals surface area (Å²) in [5, 5.41) is 5.32. The Bertz CT molecular complexity index is 840. The molecule has 0 aromatic heterocycles. The second-order valence-electron chi connectivity index (χ2n) is 6.03. The number of rotatable bonds is 10. The van der Waals surface area contributed by atoms with E-state index in [1.807, 2.05) is 13.8 Å². The minimum atomic E-state index is -0.395. The van der Waals surface area contributed by atoms with Gasteiger partial charge >= 0.3 is 0 Å². The Labute approximate surface area is 178 Å². The highest BCUT2D eigenvalue weighted by Crippen LogP contribution is 2.36. The summed E-state index contributed by atoms with van der Waals surface area (Å²) in [5.41, 5.74) is 0.973. The SMILES string of the molecule is CCCOc1c(Br)cc(C(=O)NCC(=O)Nc2ccc(OCC)cc2)cc1OC. The number of carbonyl (C=O) groups excluding carboxylic acids is 2. The fourth-order valence-electron chi connectivity index (χ4n) is 2.46. The van der Waals surface area contributed by atoms with Crippen molar-refractivity contribution in [2.75, 3.05) is 32.2 Å². The molecule has 0 heterocycles. The molecule has 2 amide bonds. The van der Waals surface area contributed by atoms with Gasteiger partial charge in [0.15, 0.2) is 11.5 Å². The third-order valence-electron chi connectivity index (χ3n) is 3.80. The summed E-state index contributed by atoms with van der Waals surface area (Å²) >= 11 is 3.40. The van der Waals surface area contributed by atoms with Gasteiger partial charge in [0.05, 0.1) is 31.3 Å². The molecule has 2 N–H and O–H groups in total. The highest BCUT2D eigenvalue weighted by atomic mass is 79.9. The van der Waals surface area contributed by atoms with Crippen molar-refractivity contribution >= 4 is 33.4 Å². The van der Waals surface area contributed by atoms with Crippen LogP contribution in [-0.2, 0) is 4.79 Å². The molecule has 0 aliphatic rings. The maximum Gasteiger partial charge on any atom is 0.251 e. The van der Waals surface area contributed by atoms with Crippen LogP contribution in [0.25, 0.3) is 0 Å². The smallest absolute Gasteiger partial charge is 0.251 e. The minimum absolute atomic E-state index is 0.167. The molecule has 0 unspecified atom stereocenters. The number of amides is 2. The van der Waals surface area contributed by atoms with Crippen LogP contribution in [-0.4, -0.2) is 38.7 Å². The van der Waals surface area contributed by atoms with Crippen molar-refractivity contribution in [3.05, 3.63) is 46.4 Å². The lowest BCUT2D eigenvalue weighted by molar-refractivity contribution is -0.115. The maximum absolute atomic E-state index is 12.4. The van der Waals surface area contributed by atoms with E-state index in [0.29, 0.717) is 40.4 Å². The Kier molecular flexibility index (Phi) is 8.79. The van der Waals surface area contributed by atoms with Crippen LogP contribution in [0.2, 0.25) is 0 Å². The molecule has 2 rings (SSSR count). The lowest BCUT2D eigenvalue weighted by Crippen LogP contribution is -2.32. The lowest BCUT2D eigenvalue weighted by atomic mass is 10.2. The zero-order valence-corrected chi connectivity index (χ0v) is 18.3. The largest absolute Gasteiger partial charge is 0.494 e. The number of carbonyl (C=O) groups is 2. The molecule has 2 aromatic rings. The van der Waals surface area contributed by atoms with Gasteiger partial charge in [0.1, 0.15) is 5.75 Å². The van der Waals surface area contributed by atoms with E-state index in [2.05, 4.69) is 26.6 Å². The Balaban J connectivity index is 1.95. The molecule has 0 fully saturated rings. The second kappa shape index (κ2) is 11.3. The van der Waals surface area contributed by atoms with Crippen LogP contribution in [0.3, 0.4) is 0 Å². The number of ether oxygens (including phenoxy) is 3. The van der Waals surface area contributed by atoms with E-state index in [4.69, 9.17) is 14.2 Å². The summed E-state index contributed by atoms with van der Waals surface area (Å²) in [6, 6.07) is 10.2. The molecule has 0 bridgehead atoms. The predicted octanol–water partition coefficient (Wildman–Crippen LogP) is 4.01. The zero-order valence-electron chi connectivity index (χ0n) is 16.7. The van der Waals surface area contributed by atoms with Crippen molar-refractivity contribution < 1.29 is 23.8 Å². The van der Waals surface area contributed by atoms with Gasteiger partial charge in [-0.15, -0.1) is 0 Å². The summed E-state index contributed by atoms with van der Waals surface area (Å²) < 4.78 is 16.9. The van der Waals surface area contributed by atoms with E-state index in [0.717, 1.165) is 12.2 Å². The molecule has 0 aliphatic carbocycles. The van der Waals surface area contributed by atoms with Gasteiger partial charge in [-0.2, -0.15) is 0 Å². The molecule has 8 heteroatoms. The van der Waals surface area contributed by atoms with Gasteiger partial charge < -0.3 is 24.8 Å². The number of halogens is 1. The summed E-state index contributed by atoms with van der Waals surface area (Å²) in [6.07, 6.45) is 0.849. The molecule has 0 aliphatic heterocycles. The van der Waals surface area contributed by atoms with E-state index >= 15 is 0 Å². The third-order valence-corrected chi connectivity index (χ3v) is 4.39. The Morgan fingerprint density at radius 3 is 2.41 bits per heavy atom. The predicted molar refractivity (Wildman–Crippen MR) is 115 cm³/mol. The Hall–Kier alpha value is -2.74. The monoisotopic (exact) mass is 464 g/mol. The van der Waals surface area contributed by atoms with E-state index < -0.39 is 5.91 Å². The number of hydrogen-bond acceptors (Lipinski definition) is 5. The molecule has 0 saturated carbocycles. The first kappa shape index (κ1) is 22.5. The molecule has 7 nitrogen and oxygen atoms in total. The molecule has 0 spiro atoms. The van der Waals surface area contributed by atoms with E-state index in [1.54, 1.807) is 36.4 Å². The van der Waals surface area contributed by atoms with Gasteiger partial charge in [-0.1, -0.05) is 6.92 Å². The van der Waals surface area contributed by atoms with Crippen LogP contribution >= 0.6 is 15.9 Å². The second-order valence-corrected chi connectivity index (χ2v) is 6.88. The van der Waals surface area contributed by atoms with Gasteiger partial charge in [0, 0.05) is 11.3 Å². The van der Waals surface area contributed by atoms with E-state index in [1.165, 1.54) is 7.11 Å². The van der Waals surface area contributed by atoms with Crippen molar-refractivity contribution in [3.63, 3.8) is 0 Å². The van der Waals surface area contributed by atoms with Gasteiger partial charge in [0.25, 0.3) is 5.91 Å². The van der Waals surface area contributed by atoms with Gasteiger partial charge in [-0.3, -0.25) is 9.59 Å². The summed E-state index contributed by atoms with van der Waals surface area (Å²) in [4.78, 5) is 24.5. The molecule has 2 aromatic carbocycles. The van der Waals surface area contributed by atoms with Crippen molar-refractivity contribution in [2.45, 2.75) is 20.3 Å².